The van der Waals surface area contributed by atoms with Crippen LogP contribution in [0.2, 0.25) is 0 Å². The van der Waals surface area contributed by atoms with Crippen LogP contribution in [0.25, 0.3) is 5.57 Å². The zero-order valence-electron chi connectivity index (χ0n) is 14.6. The highest BCUT2D eigenvalue weighted by Gasteiger charge is 2.11. The van der Waals surface area contributed by atoms with Crippen LogP contribution >= 0.6 is 0 Å². The topological polar surface area (TPSA) is 26.0 Å². The van der Waals surface area contributed by atoms with E-state index in [0.717, 1.165) is 24.4 Å². The Morgan fingerprint density at radius 2 is 1.95 bits per heavy atom. The lowest BCUT2D eigenvalue weighted by molar-refractivity contribution is 0.493. The highest BCUT2D eigenvalue weighted by molar-refractivity contribution is 5.71. The van der Waals surface area contributed by atoms with Crippen molar-refractivity contribution >= 4 is 11.3 Å². The maximum atomic E-state index is 6.13. The molecule has 0 bridgehead atoms. The largest absolute Gasteiger partial charge is 0.398 e. The van der Waals surface area contributed by atoms with Gasteiger partial charge < -0.3 is 5.73 Å². The number of nitrogens with two attached hydrogens (primary N) is 1. The van der Waals surface area contributed by atoms with E-state index in [9.17, 15) is 0 Å². The normalized spacial score (nSPS) is 13.5. The zero-order valence-corrected chi connectivity index (χ0v) is 14.6. The second-order valence-electron chi connectivity index (χ2n) is 6.47. The van der Waals surface area contributed by atoms with Crippen LogP contribution in [-0.2, 0) is 6.42 Å². The molecule has 2 N–H and O–H groups in total. The van der Waals surface area contributed by atoms with Gasteiger partial charge in [-0.15, -0.1) is 0 Å². The molecule has 1 aromatic carbocycles. The van der Waals surface area contributed by atoms with Gasteiger partial charge in [0.15, 0.2) is 0 Å². The van der Waals surface area contributed by atoms with Crippen LogP contribution in [0.1, 0.15) is 76.5 Å². The van der Waals surface area contributed by atoms with Gasteiger partial charge in [0, 0.05) is 5.69 Å². The predicted molar refractivity (Wildman–Crippen MR) is 96.5 cm³/mol. The van der Waals surface area contributed by atoms with Crippen LogP contribution in [-0.4, -0.2) is 0 Å². The average molecular weight is 287 g/mol. The summed E-state index contributed by atoms with van der Waals surface area (Å²) in [6, 6.07) is 4.47. The van der Waals surface area contributed by atoms with Gasteiger partial charge >= 0.3 is 0 Å². The monoisotopic (exact) mass is 287 g/mol. The molecule has 0 saturated heterocycles. The fraction of sp³-hybridized carbons (Fsp3) is 0.600. The molecule has 1 atom stereocenters. The van der Waals surface area contributed by atoms with Gasteiger partial charge in [0.1, 0.15) is 0 Å². The Hall–Kier alpha value is -1.24. The number of rotatable bonds is 8. The lowest BCUT2D eigenvalue weighted by Gasteiger charge is -2.17. The first-order valence-electron chi connectivity index (χ1n) is 8.55. The van der Waals surface area contributed by atoms with Crippen molar-refractivity contribution in [3.8, 4) is 0 Å². The zero-order chi connectivity index (χ0) is 15.8. The minimum atomic E-state index is 0.743. The number of nitrogen functional groups attached to an aromatic ring is 1. The van der Waals surface area contributed by atoms with Crippen LogP contribution in [0.15, 0.2) is 18.2 Å². The lowest BCUT2D eigenvalue weighted by atomic mass is 9.89. The van der Waals surface area contributed by atoms with Gasteiger partial charge in [0.25, 0.3) is 0 Å². The van der Waals surface area contributed by atoms with E-state index in [0.29, 0.717) is 0 Å². The molecule has 1 rings (SSSR count). The Balaban J connectivity index is 2.93. The van der Waals surface area contributed by atoms with E-state index < -0.39 is 0 Å². The van der Waals surface area contributed by atoms with E-state index in [-0.39, 0.29) is 0 Å². The number of allylic oxidation sites excluding steroid dienone is 2. The second kappa shape index (κ2) is 8.92. The molecule has 1 aromatic rings. The first-order chi connectivity index (χ1) is 9.99. The van der Waals surface area contributed by atoms with Crippen molar-refractivity contribution in [2.75, 3.05) is 5.73 Å². The summed E-state index contributed by atoms with van der Waals surface area (Å²) in [7, 11) is 0. The smallest absolute Gasteiger partial charge is 0.0350 e. The second-order valence-corrected chi connectivity index (χ2v) is 6.47. The van der Waals surface area contributed by atoms with Crippen molar-refractivity contribution in [3.05, 3.63) is 34.9 Å². The molecule has 21 heavy (non-hydrogen) atoms. The number of benzene rings is 1. The molecule has 0 radical (unpaired) electrons. The Bertz CT molecular complexity index is 471. The number of hydrogen-bond donors (Lipinski definition) is 1. The highest BCUT2D eigenvalue weighted by atomic mass is 14.6. The molecular weight excluding hydrogens is 254 g/mol. The Kier molecular flexibility index (Phi) is 7.56. The summed E-state index contributed by atoms with van der Waals surface area (Å²) in [5.74, 6) is 0.743. The third-order valence-electron chi connectivity index (χ3n) is 4.30. The summed E-state index contributed by atoms with van der Waals surface area (Å²) < 4.78 is 0. The SMILES string of the molecule is CCC=C(C)c1cc(N)c(C)cc1CC(C)CCCCC. The molecule has 118 valence electrons. The van der Waals surface area contributed by atoms with E-state index in [1.807, 2.05) is 0 Å². The predicted octanol–water partition coefficient (Wildman–Crippen LogP) is 6.15. The lowest BCUT2D eigenvalue weighted by Crippen LogP contribution is -2.04. The van der Waals surface area contributed by atoms with Crippen molar-refractivity contribution in [2.24, 2.45) is 5.92 Å². The molecule has 0 fully saturated rings. The average Bonchev–Trinajstić information content (AvgIpc) is 2.43. The summed E-state index contributed by atoms with van der Waals surface area (Å²) in [6.45, 7) is 11.2. The Labute approximate surface area is 131 Å². The number of hydrogen-bond acceptors (Lipinski definition) is 1. The third-order valence-corrected chi connectivity index (χ3v) is 4.30. The highest BCUT2D eigenvalue weighted by Crippen LogP contribution is 2.28. The standard InChI is InChI=1S/C20H33N/c1-6-8-9-11-15(3)12-18-13-17(5)20(21)14-19(18)16(4)10-7-2/h10,13-15H,6-9,11-12,21H2,1-5H3. The van der Waals surface area contributed by atoms with Gasteiger partial charge in [-0.3, -0.25) is 0 Å². The van der Waals surface area contributed by atoms with Crippen LogP contribution in [0.4, 0.5) is 5.69 Å². The van der Waals surface area contributed by atoms with Gasteiger partial charge in [0.2, 0.25) is 0 Å². The van der Waals surface area contributed by atoms with Crippen LogP contribution in [0.3, 0.4) is 0 Å². The van der Waals surface area contributed by atoms with Crippen LogP contribution in [0, 0.1) is 12.8 Å². The molecule has 0 aliphatic rings. The Morgan fingerprint density at radius 3 is 2.57 bits per heavy atom. The van der Waals surface area contributed by atoms with Gasteiger partial charge in [-0.05, 0) is 60.9 Å². The maximum Gasteiger partial charge on any atom is 0.0350 e. The molecule has 0 amide bonds. The summed E-state index contributed by atoms with van der Waals surface area (Å²) in [5, 5.41) is 0. The maximum absolute atomic E-state index is 6.13. The fourth-order valence-electron chi connectivity index (χ4n) is 2.96. The number of unbranched alkanes of at least 4 members (excludes halogenated alkanes) is 2. The molecule has 0 saturated carbocycles. The van der Waals surface area contributed by atoms with Gasteiger partial charge in [-0.1, -0.05) is 58.6 Å². The fourth-order valence-corrected chi connectivity index (χ4v) is 2.96. The van der Waals surface area contributed by atoms with Gasteiger partial charge in [-0.25, -0.2) is 0 Å². The van der Waals surface area contributed by atoms with E-state index in [2.05, 4.69) is 52.8 Å². The van der Waals surface area contributed by atoms with Crippen LogP contribution < -0.4 is 5.73 Å². The first-order valence-corrected chi connectivity index (χ1v) is 8.55. The minimum Gasteiger partial charge on any atom is -0.398 e. The van der Waals surface area contributed by atoms with Crippen LogP contribution in [0.5, 0.6) is 0 Å². The molecule has 1 nitrogen and oxygen atoms in total. The van der Waals surface area contributed by atoms with E-state index in [4.69, 9.17) is 5.73 Å². The van der Waals surface area contributed by atoms with Crippen molar-refractivity contribution < 1.29 is 0 Å². The molecular formula is C20H33N. The molecule has 1 unspecified atom stereocenters. The quantitative estimate of drug-likeness (QED) is 0.450. The van der Waals surface area contributed by atoms with Crippen molar-refractivity contribution in [2.45, 2.75) is 73.1 Å². The summed E-state index contributed by atoms with van der Waals surface area (Å²) >= 11 is 0. The van der Waals surface area contributed by atoms with E-state index in [1.165, 1.54) is 47.9 Å². The molecule has 0 aliphatic heterocycles. The van der Waals surface area contributed by atoms with E-state index in [1.54, 1.807) is 0 Å². The molecule has 0 aromatic heterocycles. The summed E-state index contributed by atoms with van der Waals surface area (Å²) in [6.07, 6.45) is 9.87. The molecule has 0 spiro atoms. The van der Waals surface area contributed by atoms with Crippen molar-refractivity contribution in [1.82, 2.24) is 0 Å². The Morgan fingerprint density at radius 1 is 1.24 bits per heavy atom. The van der Waals surface area contributed by atoms with Gasteiger partial charge in [-0.2, -0.15) is 0 Å². The summed E-state index contributed by atoms with van der Waals surface area (Å²) in [5.41, 5.74) is 12.4. The first kappa shape index (κ1) is 17.8. The van der Waals surface area contributed by atoms with Crippen molar-refractivity contribution in [3.63, 3.8) is 0 Å². The minimum absolute atomic E-state index is 0.743. The van der Waals surface area contributed by atoms with E-state index >= 15 is 0 Å². The van der Waals surface area contributed by atoms with Gasteiger partial charge in [0.05, 0.1) is 0 Å². The summed E-state index contributed by atoms with van der Waals surface area (Å²) in [4.78, 5) is 0. The molecule has 0 heterocycles. The molecule has 0 aliphatic carbocycles. The number of aryl methyl sites for hydroxylation is 1. The molecule has 1 heteroatoms. The third kappa shape index (κ3) is 5.57. The number of anilines is 1. The van der Waals surface area contributed by atoms with Crippen molar-refractivity contribution in [1.29, 1.82) is 0 Å².